The molecule has 0 saturated carbocycles. The highest BCUT2D eigenvalue weighted by molar-refractivity contribution is 9.10. The fourth-order valence-corrected chi connectivity index (χ4v) is 3.57. The number of hydrogen-bond donors (Lipinski definition) is 1. The minimum Gasteiger partial charge on any atom is -0.469 e. The molecular weight excluding hydrogens is 308 g/mol. The quantitative estimate of drug-likeness (QED) is 0.943. The van der Waals surface area contributed by atoms with Gasteiger partial charge in [-0.25, -0.2) is 0 Å². The number of aryl methyl sites for hydroxylation is 2. The molecule has 1 atom stereocenters. The van der Waals surface area contributed by atoms with E-state index in [9.17, 15) is 5.11 Å². The second-order valence-electron chi connectivity index (χ2n) is 5.04. The highest BCUT2D eigenvalue weighted by Gasteiger charge is 2.41. The molecule has 1 N–H and O–H groups in total. The average molecular weight is 325 g/mol. The molecule has 2 aromatic rings. The van der Waals surface area contributed by atoms with E-state index < -0.39 is 5.60 Å². The second kappa shape index (κ2) is 4.80. The fourth-order valence-electron chi connectivity index (χ4n) is 2.94. The largest absolute Gasteiger partial charge is 0.469 e. The van der Waals surface area contributed by atoms with E-state index in [4.69, 9.17) is 4.42 Å². The Balaban J connectivity index is 2.14. The van der Waals surface area contributed by atoms with Crippen LogP contribution in [0.3, 0.4) is 0 Å². The number of furan rings is 1. The topological polar surface area (TPSA) is 51.2 Å². The van der Waals surface area contributed by atoms with E-state index in [-0.39, 0.29) is 0 Å². The summed E-state index contributed by atoms with van der Waals surface area (Å²) in [6.07, 6.45) is 6.92. The van der Waals surface area contributed by atoms with Gasteiger partial charge in [0.05, 0.1) is 22.6 Å². The van der Waals surface area contributed by atoms with E-state index >= 15 is 0 Å². The van der Waals surface area contributed by atoms with Crippen LogP contribution >= 0.6 is 15.9 Å². The van der Waals surface area contributed by atoms with Crippen LogP contribution in [-0.4, -0.2) is 14.9 Å². The van der Waals surface area contributed by atoms with Gasteiger partial charge < -0.3 is 9.52 Å². The third-order valence-corrected chi connectivity index (χ3v) is 4.34. The van der Waals surface area contributed by atoms with Crippen molar-refractivity contribution in [2.75, 3.05) is 0 Å². The van der Waals surface area contributed by atoms with Gasteiger partial charge in [-0.2, -0.15) is 5.10 Å². The van der Waals surface area contributed by atoms with Crippen molar-refractivity contribution < 1.29 is 9.52 Å². The van der Waals surface area contributed by atoms with Crippen LogP contribution in [0.1, 0.15) is 43.2 Å². The van der Waals surface area contributed by atoms with Crippen LogP contribution in [0.4, 0.5) is 0 Å². The van der Waals surface area contributed by atoms with Crippen molar-refractivity contribution in [3.63, 3.8) is 0 Å². The predicted octanol–water partition coefficient (Wildman–Crippen LogP) is 3.22. The van der Waals surface area contributed by atoms with Crippen LogP contribution in [0.15, 0.2) is 27.4 Å². The Hall–Kier alpha value is -1.07. The molecule has 1 aliphatic carbocycles. The first kappa shape index (κ1) is 12.9. The molecule has 102 valence electrons. The molecular formula is C14H17BrN2O2. The zero-order valence-corrected chi connectivity index (χ0v) is 12.5. The Morgan fingerprint density at radius 3 is 3.21 bits per heavy atom. The number of hydrogen-bond acceptors (Lipinski definition) is 3. The summed E-state index contributed by atoms with van der Waals surface area (Å²) in [7, 11) is 0. The number of nitrogens with zero attached hydrogens (tertiary/aromatic N) is 2. The van der Waals surface area contributed by atoms with E-state index in [1.165, 1.54) is 0 Å². The first-order valence-corrected chi connectivity index (χ1v) is 7.47. The van der Waals surface area contributed by atoms with Crippen molar-refractivity contribution in [2.24, 2.45) is 0 Å². The number of aromatic nitrogens is 2. The zero-order valence-electron chi connectivity index (χ0n) is 10.9. The van der Waals surface area contributed by atoms with Crippen LogP contribution < -0.4 is 0 Å². The van der Waals surface area contributed by atoms with E-state index in [2.05, 4.69) is 28.0 Å². The number of aliphatic hydroxyl groups is 1. The average Bonchev–Trinajstić information content (AvgIpc) is 2.98. The lowest BCUT2D eigenvalue weighted by atomic mass is 9.80. The summed E-state index contributed by atoms with van der Waals surface area (Å²) >= 11 is 3.52. The lowest BCUT2D eigenvalue weighted by Crippen LogP contribution is -2.34. The molecule has 3 rings (SSSR count). The molecule has 0 bridgehead atoms. The molecule has 5 heteroatoms. The highest BCUT2D eigenvalue weighted by atomic mass is 79.9. The maximum absolute atomic E-state index is 11.2. The third-order valence-electron chi connectivity index (χ3n) is 3.76. The fraction of sp³-hybridized carbons (Fsp3) is 0.500. The minimum absolute atomic E-state index is 0.702. The third kappa shape index (κ3) is 1.96. The smallest absolute Gasteiger partial charge is 0.136 e. The molecule has 0 radical (unpaired) electrons. The summed E-state index contributed by atoms with van der Waals surface area (Å²) < 4.78 is 8.24. The molecule has 0 saturated heterocycles. The molecule has 2 aromatic heterocycles. The Labute approximate surface area is 120 Å². The number of rotatable bonds is 3. The van der Waals surface area contributed by atoms with Gasteiger partial charge in [0.1, 0.15) is 11.4 Å². The van der Waals surface area contributed by atoms with Crippen LogP contribution in [0.25, 0.3) is 0 Å². The molecule has 1 aliphatic rings. The standard InChI is InChI=1S/C14H17BrN2O2/c1-2-7-17-13(11(15)9-16-17)14(18)6-3-4-12-10(14)5-8-19-12/h5,8-9,18H,2-4,6-7H2,1H3. The zero-order chi connectivity index (χ0) is 13.5. The van der Waals surface area contributed by atoms with E-state index in [0.717, 1.165) is 47.3 Å². The maximum atomic E-state index is 11.2. The normalized spacial score (nSPS) is 22.5. The molecule has 0 amide bonds. The van der Waals surface area contributed by atoms with Crippen molar-refractivity contribution in [3.05, 3.63) is 40.0 Å². The molecule has 4 nitrogen and oxygen atoms in total. The van der Waals surface area contributed by atoms with Crippen molar-refractivity contribution in [3.8, 4) is 0 Å². The number of halogens is 1. The molecule has 2 heterocycles. The lowest BCUT2D eigenvalue weighted by molar-refractivity contribution is 0.0488. The van der Waals surface area contributed by atoms with Crippen LogP contribution in [-0.2, 0) is 18.6 Å². The van der Waals surface area contributed by atoms with Crippen molar-refractivity contribution in [1.29, 1.82) is 0 Å². The summed E-state index contributed by atoms with van der Waals surface area (Å²) in [5.74, 6) is 0.893. The van der Waals surface area contributed by atoms with Gasteiger partial charge in [-0.1, -0.05) is 6.92 Å². The van der Waals surface area contributed by atoms with Crippen molar-refractivity contribution in [2.45, 2.75) is 44.8 Å². The first-order chi connectivity index (χ1) is 9.16. The monoisotopic (exact) mass is 324 g/mol. The minimum atomic E-state index is -0.995. The summed E-state index contributed by atoms with van der Waals surface area (Å²) in [6.45, 7) is 2.91. The van der Waals surface area contributed by atoms with Gasteiger partial charge >= 0.3 is 0 Å². The van der Waals surface area contributed by atoms with Crippen molar-refractivity contribution >= 4 is 15.9 Å². The predicted molar refractivity (Wildman–Crippen MR) is 74.9 cm³/mol. The highest BCUT2D eigenvalue weighted by Crippen LogP contribution is 2.43. The lowest BCUT2D eigenvalue weighted by Gasteiger charge is -2.32. The summed E-state index contributed by atoms with van der Waals surface area (Å²) in [4.78, 5) is 0. The van der Waals surface area contributed by atoms with Crippen molar-refractivity contribution in [1.82, 2.24) is 9.78 Å². The van der Waals surface area contributed by atoms with Crippen LogP contribution in [0, 0.1) is 0 Å². The molecule has 0 aromatic carbocycles. The van der Waals surface area contributed by atoms with Gasteiger partial charge in [-0.15, -0.1) is 0 Å². The molecule has 0 fully saturated rings. The van der Waals surface area contributed by atoms with E-state index in [1.807, 2.05) is 10.7 Å². The van der Waals surface area contributed by atoms with Gasteiger partial charge in [-0.3, -0.25) is 4.68 Å². The molecule has 0 aliphatic heterocycles. The van der Waals surface area contributed by atoms with Gasteiger partial charge in [0.25, 0.3) is 0 Å². The van der Waals surface area contributed by atoms with Crippen LogP contribution in [0.2, 0.25) is 0 Å². The van der Waals surface area contributed by atoms with E-state index in [0.29, 0.717) is 6.42 Å². The Morgan fingerprint density at radius 1 is 1.58 bits per heavy atom. The van der Waals surface area contributed by atoms with Gasteiger partial charge in [0.15, 0.2) is 0 Å². The second-order valence-corrected chi connectivity index (χ2v) is 5.89. The maximum Gasteiger partial charge on any atom is 0.136 e. The van der Waals surface area contributed by atoms with E-state index in [1.54, 1.807) is 12.5 Å². The Bertz CT molecular complexity index is 590. The molecule has 1 unspecified atom stereocenters. The van der Waals surface area contributed by atoms with Gasteiger partial charge in [0, 0.05) is 18.5 Å². The SMILES string of the molecule is CCCn1ncc(Br)c1C1(O)CCCc2occc21. The molecule has 19 heavy (non-hydrogen) atoms. The summed E-state index contributed by atoms with van der Waals surface area (Å²) in [5.41, 5.74) is 0.736. The summed E-state index contributed by atoms with van der Waals surface area (Å²) in [6, 6.07) is 1.88. The first-order valence-electron chi connectivity index (χ1n) is 6.68. The Morgan fingerprint density at radius 2 is 2.42 bits per heavy atom. The van der Waals surface area contributed by atoms with Gasteiger partial charge in [0.2, 0.25) is 0 Å². The Kier molecular flexibility index (Phi) is 3.27. The number of fused-ring (bicyclic) bond motifs is 1. The molecule has 0 spiro atoms. The van der Waals surface area contributed by atoms with Crippen LogP contribution in [0.5, 0.6) is 0 Å². The summed E-state index contributed by atoms with van der Waals surface area (Å²) in [5, 5.41) is 15.6. The van der Waals surface area contributed by atoms with Gasteiger partial charge in [-0.05, 0) is 41.3 Å².